The Morgan fingerprint density at radius 1 is 1.08 bits per heavy atom. The number of benzene rings is 2. The van der Waals surface area contributed by atoms with Crippen LogP contribution in [0.5, 0.6) is 0 Å². The minimum absolute atomic E-state index is 0.140. The van der Waals surface area contributed by atoms with E-state index < -0.39 is 28.1 Å². The molecule has 1 N–H and O–H groups in total. The van der Waals surface area contributed by atoms with E-state index in [2.05, 4.69) is 5.32 Å². The maximum absolute atomic E-state index is 13.9. The van der Waals surface area contributed by atoms with Crippen LogP contribution in [0.1, 0.15) is 47.1 Å². The topological polar surface area (TPSA) is 46.2 Å². The van der Waals surface area contributed by atoms with Crippen molar-refractivity contribution >= 4 is 29.0 Å². The minimum atomic E-state index is -0.938. The lowest BCUT2D eigenvalue weighted by atomic mass is 9.93. The molecule has 2 aromatic carbocycles. The Morgan fingerprint density at radius 3 is 2.32 bits per heavy atom. The molecule has 0 atom stereocenters. The van der Waals surface area contributed by atoms with Crippen LogP contribution in [0.4, 0.5) is 14.5 Å². The number of amides is 1. The summed E-state index contributed by atoms with van der Waals surface area (Å²) in [6.45, 7) is 5.40. The predicted molar refractivity (Wildman–Crippen MR) is 94.3 cm³/mol. The van der Waals surface area contributed by atoms with Gasteiger partial charge in [0.25, 0.3) is 5.91 Å². The van der Waals surface area contributed by atoms with E-state index in [4.69, 9.17) is 11.6 Å². The molecule has 0 radical (unpaired) electrons. The number of halogens is 3. The Morgan fingerprint density at radius 2 is 1.72 bits per heavy atom. The Balaban J connectivity index is 2.50. The van der Waals surface area contributed by atoms with E-state index in [1.54, 1.807) is 32.0 Å². The van der Waals surface area contributed by atoms with E-state index in [0.717, 1.165) is 17.7 Å². The number of nitrogens with one attached hydrogen (secondary N) is 1. The number of Topliss-reactive ketones (excluding diaryl/α,β-unsaturated/α-hetero) is 1. The van der Waals surface area contributed by atoms with E-state index in [-0.39, 0.29) is 17.4 Å². The van der Waals surface area contributed by atoms with Crippen LogP contribution in [0.25, 0.3) is 0 Å². The highest BCUT2D eigenvalue weighted by molar-refractivity contribution is 6.34. The van der Waals surface area contributed by atoms with Gasteiger partial charge >= 0.3 is 0 Å². The van der Waals surface area contributed by atoms with Gasteiger partial charge in [-0.25, -0.2) is 8.78 Å². The molecule has 0 aliphatic rings. The van der Waals surface area contributed by atoms with E-state index in [1.165, 1.54) is 0 Å². The molecule has 0 aromatic heterocycles. The van der Waals surface area contributed by atoms with Crippen molar-refractivity contribution in [3.63, 3.8) is 0 Å². The zero-order valence-corrected chi connectivity index (χ0v) is 14.9. The Bertz CT molecular complexity index is 834. The molecule has 0 bridgehead atoms. The second-order valence-electron chi connectivity index (χ2n) is 5.88. The van der Waals surface area contributed by atoms with Gasteiger partial charge in [0.15, 0.2) is 5.78 Å². The van der Waals surface area contributed by atoms with Crippen molar-refractivity contribution < 1.29 is 18.4 Å². The zero-order chi connectivity index (χ0) is 18.7. The molecule has 0 spiro atoms. The van der Waals surface area contributed by atoms with Crippen LogP contribution >= 0.6 is 11.6 Å². The number of aryl methyl sites for hydroxylation is 1. The van der Waals surface area contributed by atoms with Gasteiger partial charge in [0.2, 0.25) is 0 Å². The molecule has 2 rings (SSSR count). The van der Waals surface area contributed by atoms with Crippen LogP contribution in [0.15, 0.2) is 30.3 Å². The van der Waals surface area contributed by atoms with Gasteiger partial charge < -0.3 is 5.32 Å². The van der Waals surface area contributed by atoms with Crippen molar-refractivity contribution in [3.8, 4) is 0 Å². The highest BCUT2D eigenvalue weighted by Crippen LogP contribution is 2.27. The third-order valence-electron chi connectivity index (χ3n) is 3.82. The number of hydrogen-bond donors (Lipinski definition) is 1. The van der Waals surface area contributed by atoms with Crippen molar-refractivity contribution in [2.75, 3.05) is 5.32 Å². The van der Waals surface area contributed by atoms with Gasteiger partial charge in [-0.15, -0.1) is 0 Å². The van der Waals surface area contributed by atoms with Gasteiger partial charge in [-0.3, -0.25) is 9.59 Å². The molecule has 1 amide bonds. The van der Waals surface area contributed by atoms with Gasteiger partial charge in [-0.2, -0.15) is 0 Å². The Hall–Kier alpha value is -2.27. The quantitative estimate of drug-likeness (QED) is 0.579. The molecular weight excluding hydrogens is 348 g/mol. The van der Waals surface area contributed by atoms with Crippen LogP contribution in [0.3, 0.4) is 0 Å². The van der Waals surface area contributed by atoms with E-state index >= 15 is 0 Å². The molecule has 132 valence electrons. The fraction of sp³-hybridized carbons (Fsp3) is 0.263. The first-order valence-electron chi connectivity index (χ1n) is 7.88. The molecule has 6 heteroatoms. The first kappa shape index (κ1) is 19.1. The molecule has 25 heavy (non-hydrogen) atoms. The van der Waals surface area contributed by atoms with E-state index in [9.17, 15) is 18.4 Å². The highest BCUT2D eigenvalue weighted by atomic mass is 35.5. The van der Waals surface area contributed by atoms with Crippen molar-refractivity contribution in [2.45, 2.75) is 27.2 Å². The minimum Gasteiger partial charge on any atom is -0.321 e. The second kappa shape index (κ2) is 7.74. The van der Waals surface area contributed by atoms with E-state index in [0.29, 0.717) is 12.0 Å². The van der Waals surface area contributed by atoms with Crippen molar-refractivity contribution in [2.24, 2.45) is 5.92 Å². The van der Waals surface area contributed by atoms with Crippen LogP contribution < -0.4 is 5.32 Å². The van der Waals surface area contributed by atoms with Gasteiger partial charge in [0, 0.05) is 11.5 Å². The number of carbonyl (C=O) groups is 2. The SMILES string of the molecule is CCc1cccc(NC(=O)c2c(F)ccc(F)c2Cl)c1C(=O)C(C)C. The standard InChI is InChI=1S/C19H18ClF2NO2/c1-4-11-6-5-7-14(15(11)18(24)10(2)3)23-19(25)16-12(21)8-9-13(22)17(16)20/h5-10H,4H2,1-3H3,(H,23,25). The summed E-state index contributed by atoms with van der Waals surface area (Å²) in [6.07, 6.45) is 0.590. The van der Waals surface area contributed by atoms with Crippen molar-refractivity contribution in [1.29, 1.82) is 0 Å². The monoisotopic (exact) mass is 365 g/mol. The molecule has 0 aliphatic heterocycles. The molecular formula is C19H18ClF2NO2. The second-order valence-corrected chi connectivity index (χ2v) is 6.26. The summed E-state index contributed by atoms with van der Waals surface area (Å²) in [4.78, 5) is 25.0. The summed E-state index contributed by atoms with van der Waals surface area (Å²) in [5, 5.41) is 1.90. The highest BCUT2D eigenvalue weighted by Gasteiger charge is 2.23. The van der Waals surface area contributed by atoms with Crippen LogP contribution in [-0.4, -0.2) is 11.7 Å². The van der Waals surface area contributed by atoms with Gasteiger partial charge in [0.1, 0.15) is 11.6 Å². The Kier molecular flexibility index (Phi) is 5.90. The summed E-state index contributed by atoms with van der Waals surface area (Å²) < 4.78 is 27.5. The first-order chi connectivity index (χ1) is 11.8. The average molecular weight is 366 g/mol. The number of anilines is 1. The molecule has 2 aromatic rings. The smallest absolute Gasteiger partial charge is 0.260 e. The number of carbonyl (C=O) groups excluding carboxylic acids is 2. The lowest BCUT2D eigenvalue weighted by molar-refractivity contribution is 0.0939. The normalized spacial score (nSPS) is 10.8. The van der Waals surface area contributed by atoms with Gasteiger partial charge in [-0.1, -0.05) is 44.5 Å². The lowest BCUT2D eigenvalue weighted by Gasteiger charge is -2.16. The third kappa shape index (κ3) is 3.87. The number of rotatable bonds is 5. The third-order valence-corrected chi connectivity index (χ3v) is 4.19. The van der Waals surface area contributed by atoms with Crippen LogP contribution in [0.2, 0.25) is 5.02 Å². The van der Waals surface area contributed by atoms with Gasteiger partial charge in [-0.05, 0) is 30.2 Å². The first-order valence-corrected chi connectivity index (χ1v) is 8.26. The molecule has 0 saturated heterocycles. The molecule has 0 aliphatic carbocycles. The largest absolute Gasteiger partial charge is 0.321 e. The molecule has 0 fully saturated rings. The molecule has 0 unspecified atom stereocenters. The molecule has 0 saturated carbocycles. The summed E-state index contributed by atoms with van der Waals surface area (Å²) in [5.74, 6) is -3.16. The zero-order valence-electron chi connectivity index (χ0n) is 14.1. The predicted octanol–water partition coefficient (Wildman–Crippen LogP) is 5.27. The average Bonchev–Trinajstić information content (AvgIpc) is 2.57. The molecule has 3 nitrogen and oxygen atoms in total. The fourth-order valence-electron chi connectivity index (χ4n) is 2.50. The maximum atomic E-state index is 13.9. The van der Waals surface area contributed by atoms with Gasteiger partial charge in [0.05, 0.1) is 16.3 Å². The van der Waals surface area contributed by atoms with E-state index in [1.807, 2.05) is 6.92 Å². The van der Waals surface area contributed by atoms with Crippen LogP contribution in [0, 0.1) is 17.6 Å². The van der Waals surface area contributed by atoms with Crippen LogP contribution in [-0.2, 0) is 6.42 Å². The summed E-state index contributed by atoms with van der Waals surface area (Å²) in [7, 11) is 0. The fourth-order valence-corrected chi connectivity index (χ4v) is 2.74. The summed E-state index contributed by atoms with van der Waals surface area (Å²) in [6, 6.07) is 6.71. The summed E-state index contributed by atoms with van der Waals surface area (Å²) in [5.41, 5.74) is 0.804. The molecule has 0 heterocycles. The summed E-state index contributed by atoms with van der Waals surface area (Å²) >= 11 is 5.73. The van der Waals surface area contributed by atoms with Crippen molar-refractivity contribution in [3.05, 3.63) is 63.7 Å². The van der Waals surface area contributed by atoms with Crippen molar-refractivity contribution in [1.82, 2.24) is 0 Å². The maximum Gasteiger partial charge on any atom is 0.260 e. The Labute approximate surface area is 150 Å². The number of hydrogen-bond acceptors (Lipinski definition) is 2. The number of ketones is 1. The lowest BCUT2D eigenvalue weighted by Crippen LogP contribution is -2.19.